The van der Waals surface area contributed by atoms with Crippen LogP contribution in [0.2, 0.25) is 0 Å². The van der Waals surface area contributed by atoms with Crippen LogP contribution in [-0.4, -0.2) is 129 Å². The number of nitriles is 2. The first-order valence-electron chi connectivity index (χ1n) is 23.3. The Hall–Kier alpha value is -7.82. The highest BCUT2D eigenvalue weighted by Crippen LogP contribution is 2.42. The first kappa shape index (κ1) is 56.9. The van der Waals surface area contributed by atoms with Gasteiger partial charge in [0.15, 0.2) is 0 Å². The summed E-state index contributed by atoms with van der Waals surface area (Å²) in [7, 11) is -5.22. The molecule has 0 saturated carbocycles. The minimum absolute atomic E-state index is 0.0505. The molecule has 4 heterocycles. The van der Waals surface area contributed by atoms with E-state index in [2.05, 4.69) is 10.6 Å². The van der Waals surface area contributed by atoms with E-state index in [9.17, 15) is 82.0 Å². The van der Waals surface area contributed by atoms with E-state index in [-0.39, 0.29) is 60.1 Å². The Bertz CT molecular complexity index is 3150. The van der Waals surface area contributed by atoms with Crippen molar-refractivity contribution >= 4 is 55.5 Å². The number of hydrogen-bond acceptors (Lipinski definition) is 12. The van der Waals surface area contributed by atoms with Gasteiger partial charge in [-0.2, -0.15) is 36.9 Å². The van der Waals surface area contributed by atoms with E-state index in [0.29, 0.717) is 52.7 Å². The molecule has 77 heavy (non-hydrogen) atoms. The highest BCUT2D eigenvalue weighted by atomic mass is 32.2. The number of rotatable bonds is 15. The van der Waals surface area contributed by atoms with Crippen molar-refractivity contribution in [2.75, 3.05) is 74.7 Å². The van der Waals surface area contributed by atoms with Gasteiger partial charge in [0, 0.05) is 25.9 Å². The quantitative estimate of drug-likeness (QED) is 0.0808. The molecule has 0 radical (unpaired) electrons. The molecule has 0 fully saturated rings. The lowest BCUT2D eigenvalue weighted by molar-refractivity contribution is -0.890. The predicted octanol–water partition coefficient (Wildman–Crippen LogP) is 5.84. The third-order valence-electron chi connectivity index (χ3n) is 13.0. The Morgan fingerprint density at radius 2 is 0.948 bits per heavy atom. The first-order valence-corrected chi connectivity index (χ1v) is 26.4. The second-order valence-corrected chi connectivity index (χ2v) is 21.8. The first-order chi connectivity index (χ1) is 36.0. The van der Waals surface area contributed by atoms with Crippen LogP contribution < -0.4 is 20.4 Å². The molecule has 406 valence electrons. The van der Waals surface area contributed by atoms with Crippen molar-refractivity contribution in [1.29, 1.82) is 10.5 Å². The smallest absolute Gasteiger partial charge is 0.416 e. The van der Waals surface area contributed by atoms with Gasteiger partial charge in [-0.25, -0.2) is 26.4 Å². The summed E-state index contributed by atoms with van der Waals surface area (Å²) < 4.78 is 141. The molecule has 0 unspecified atom stereocenters. The molecule has 2 N–H and O–H groups in total. The van der Waals surface area contributed by atoms with Crippen molar-refractivity contribution in [1.82, 2.24) is 20.4 Å². The van der Waals surface area contributed by atoms with Crippen molar-refractivity contribution < 1.29 is 75.9 Å². The van der Waals surface area contributed by atoms with Crippen molar-refractivity contribution in [2.45, 2.75) is 37.3 Å². The number of amides is 6. The summed E-state index contributed by atoms with van der Waals surface area (Å²) in [6, 6.07) is 22.0. The Kier molecular flexibility index (Phi) is 16.3. The van der Waals surface area contributed by atoms with Crippen molar-refractivity contribution in [2.24, 2.45) is 0 Å². The molecule has 19 nitrogen and oxygen atoms in total. The van der Waals surface area contributed by atoms with Gasteiger partial charge in [0.05, 0.1) is 152 Å². The van der Waals surface area contributed by atoms with Crippen LogP contribution in [0.1, 0.15) is 58.3 Å². The van der Waals surface area contributed by atoms with E-state index in [1.54, 1.807) is 58.3 Å². The number of nitrogens with zero attached hydrogens (tertiary/aromatic N) is 7. The van der Waals surface area contributed by atoms with Crippen LogP contribution in [-0.2, 0) is 42.2 Å². The average Bonchev–Trinajstić information content (AvgIpc) is 3.86. The van der Waals surface area contributed by atoms with Gasteiger partial charge in [-0.15, -0.1) is 0 Å². The lowest BCUT2D eigenvalue weighted by Gasteiger charge is -2.34. The van der Waals surface area contributed by atoms with Crippen molar-refractivity contribution in [3.63, 3.8) is 0 Å². The summed E-state index contributed by atoms with van der Waals surface area (Å²) in [6.45, 7) is 1.47. The number of carbonyl (C=O) groups is 4. The van der Waals surface area contributed by atoms with Gasteiger partial charge >= 0.3 is 24.4 Å². The molecular weight excluding hydrogens is 1060 g/mol. The summed E-state index contributed by atoms with van der Waals surface area (Å²) in [5.74, 6) is -3.11. The second-order valence-electron chi connectivity index (χ2n) is 18.8. The Balaban J connectivity index is 0.000000782. The number of benzene rings is 4. The van der Waals surface area contributed by atoms with E-state index in [1.807, 2.05) is 26.2 Å². The fourth-order valence-electron chi connectivity index (χ4n) is 9.24. The molecular formula is C50H46F6N9O10S2-. The maximum Gasteiger partial charge on any atom is 0.416 e. The number of alkyl halides is 6. The van der Waals surface area contributed by atoms with Gasteiger partial charge in [-0.05, 0) is 71.8 Å². The Morgan fingerprint density at radius 3 is 1.26 bits per heavy atom. The van der Waals surface area contributed by atoms with Gasteiger partial charge < -0.3 is 34.0 Å². The van der Waals surface area contributed by atoms with E-state index in [0.717, 1.165) is 34.1 Å². The molecule has 8 rings (SSSR count). The molecule has 4 aliphatic heterocycles. The number of hydrogen-bond donors (Lipinski definition) is 2. The maximum atomic E-state index is 14.2. The van der Waals surface area contributed by atoms with Crippen LogP contribution in [0.15, 0.2) is 120 Å². The van der Waals surface area contributed by atoms with Crippen molar-refractivity contribution in [3.8, 4) is 12.1 Å². The largest absolute Gasteiger partial charge is 0.748 e. The predicted molar refractivity (Wildman–Crippen MR) is 260 cm³/mol. The molecule has 0 saturated heterocycles. The van der Waals surface area contributed by atoms with Crippen LogP contribution in [0.25, 0.3) is 0 Å². The zero-order valence-corrected chi connectivity index (χ0v) is 42.4. The van der Waals surface area contributed by atoms with Gasteiger partial charge in [0.1, 0.15) is 0 Å². The molecule has 0 spiro atoms. The summed E-state index contributed by atoms with van der Waals surface area (Å²) in [5, 5.41) is 24.2. The summed E-state index contributed by atoms with van der Waals surface area (Å²) in [6.07, 6.45) is -8.40. The minimum Gasteiger partial charge on any atom is -0.748 e. The third-order valence-corrected chi connectivity index (χ3v) is 14.6. The van der Waals surface area contributed by atoms with Crippen LogP contribution in [0.5, 0.6) is 0 Å². The summed E-state index contributed by atoms with van der Waals surface area (Å²) in [4.78, 5) is 61.2. The van der Waals surface area contributed by atoms with E-state index in [4.69, 9.17) is 0 Å². The summed E-state index contributed by atoms with van der Waals surface area (Å²) >= 11 is 0. The number of urea groups is 2. The number of anilines is 2. The number of nitrogens with one attached hydrogen (secondary N) is 2. The fourth-order valence-corrected chi connectivity index (χ4v) is 10.9. The van der Waals surface area contributed by atoms with Crippen molar-refractivity contribution in [3.05, 3.63) is 153 Å². The number of halogens is 6. The average molecular weight is 1110 g/mol. The molecule has 27 heteroatoms. The minimum atomic E-state index is -4.68. The number of quaternary nitrogens is 1. The van der Waals surface area contributed by atoms with Gasteiger partial charge in [-0.3, -0.25) is 19.4 Å². The molecule has 6 amide bonds. The summed E-state index contributed by atoms with van der Waals surface area (Å²) in [5.41, 5.74) is 0.587. The molecule has 2 atom stereocenters. The lowest BCUT2D eigenvalue weighted by Crippen LogP contribution is -2.47. The molecule has 0 aliphatic carbocycles. The topological polar surface area (TPSA) is 267 Å². The lowest BCUT2D eigenvalue weighted by atomic mass is 9.94. The van der Waals surface area contributed by atoms with E-state index < -0.39 is 91.2 Å². The van der Waals surface area contributed by atoms with Gasteiger partial charge in [0.25, 0.3) is 11.8 Å². The highest BCUT2D eigenvalue weighted by Gasteiger charge is 2.47. The van der Waals surface area contributed by atoms with E-state index >= 15 is 0 Å². The Morgan fingerprint density at radius 1 is 0.597 bits per heavy atom. The highest BCUT2D eigenvalue weighted by molar-refractivity contribution is 7.89. The molecule has 0 bridgehead atoms. The van der Waals surface area contributed by atoms with Crippen LogP contribution in [0.3, 0.4) is 0 Å². The normalized spacial score (nSPS) is 18.1. The SMILES string of the molecule is C[N+](C)(CCCN1CC2=C(C1=O)[C@@H](c1ccc(C#N)cc1)NC(=O)N2c1cccc(C(F)(F)F)c1)CCCN1CC2=C(C1=O)[C@@H](c1ccc(C#N)cc1)NC(=O)N2c1cccc(C(F)(F)F)c1.O=S(=O)([O-])CCS(=O)(=O)[O-]. The maximum absolute atomic E-state index is 14.2. The zero-order chi connectivity index (χ0) is 56.4. The molecule has 4 aromatic carbocycles. The zero-order valence-electron chi connectivity index (χ0n) is 40.8. The Labute approximate surface area is 437 Å². The van der Waals surface area contributed by atoms with Crippen LogP contribution >= 0.6 is 0 Å². The van der Waals surface area contributed by atoms with E-state index in [1.165, 1.54) is 24.3 Å². The van der Waals surface area contributed by atoms with Crippen LogP contribution in [0.4, 0.5) is 47.3 Å². The monoisotopic (exact) mass is 1110 g/mol. The van der Waals surface area contributed by atoms with Crippen LogP contribution in [0, 0.1) is 22.7 Å². The van der Waals surface area contributed by atoms with Gasteiger partial charge in [-0.1, -0.05) is 36.4 Å². The standard InChI is InChI=1S/C48H41F6N9O4.C2H6O6S2/c1-63(2,21-5-19-59-27-37-39(43(59)64)41(31-15-11-29(25-55)12-16-31)57-45(66)61(37)35-9-3-7-33(23-35)47(49,50)51)22-6-20-60-28-38-40(44(60)65)42(32-17-13-30(26-56)14-18-32)58-46(67)62(38)36-10-4-8-34(24-36)48(52,53)54;3-9(4,5)1-2-10(6,7)8/h3-4,7-18,23-24,41-42H,5-6,19-22,27-28H2,1-2H3,(H-,57,58,66,67);1-2H2,(H,3,4,5)(H,6,7,8)/p-1/t41-,42-;/m1./s1. The molecule has 4 aromatic rings. The number of carbonyl (C=O) groups excluding carboxylic acids is 4. The molecule has 0 aromatic heterocycles. The van der Waals surface area contributed by atoms with Gasteiger partial charge in [0.2, 0.25) is 0 Å². The fraction of sp³-hybridized carbons (Fsp3) is 0.320. The third kappa shape index (κ3) is 13.4. The molecule has 4 aliphatic rings. The second kappa shape index (κ2) is 22.0.